The maximum absolute atomic E-state index is 11.2. The van der Waals surface area contributed by atoms with Gasteiger partial charge in [-0.3, -0.25) is 0 Å². The fourth-order valence-corrected chi connectivity index (χ4v) is 3.00. The highest BCUT2D eigenvalue weighted by Gasteiger charge is 2.14. The van der Waals surface area contributed by atoms with E-state index < -0.39 is 23.9 Å². The molecule has 10 heteroatoms. The molecule has 174 valence electrons. The second-order valence-corrected chi connectivity index (χ2v) is 7.11. The first-order valence-electron chi connectivity index (χ1n) is 9.69. The van der Waals surface area contributed by atoms with Gasteiger partial charge in [-0.05, 0) is 53.6 Å². The normalized spacial score (nSPS) is 10.4. The van der Waals surface area contributed by atoms with Crippen LogP contribution >= 0.6 is 0 Å². The molecule has 3 aromatic carbocycles. The SMILES string of the molecule is O=C(O)c1cc(OCc2cccc(COc3cc(C(=O)O)cc(C(=O)O)c3)c2)cc(C(=O)O)c1. The second kappa shape index (κ2) is 10.2. The van der Waals surface area contributed by atoms with Crippen LogP contribution in [0.15, 0.2) is 60.7 Å². The number of carbonyl (C=O) groups is 4. The van der Waals surface area contributed by atoms with E-state index in [4.69, 9.17) is 29.9 Å². The fraction of sp³-hybridized carbons (Fsp3) is 0.0833. The van der Waals surface area contributed by atoms with Gasteiger partial charge in [0.1, 0.15) is 24.7 Å². The van der Waals surface area contributed by atoms with E-state index in [1.807, 2.05) is 0 Å². The number of rotatable bonds is 10. The van der Waals surface area contributed by atoms with Crippen LogP contribution in [0.25, 0.3) is 0 Å². The van der Waals surface area contributed by atoms with Crippen LogP contribution in [0.1, 0.15) is 52.6 Å². The van der Waals surface area contributed by atoms with Gasteiger partial charge >= 0.3 is 23.9 Å². The molecule has 0 unspecified atom stereocenters. The summed E-state index contributed by atoms with van der Waals surface area (Å²) in [6, 6.07) is 13.8. The van der Waals surface area contributed by atoms with Crippen LogP contribution in [-0.4, -0.2) is 44.3 Å². The van der Waals surface area contributed by atoms with Crippen molar-refractivity contribution in [2.24, 2.45) is 0 Å². The molecule has 0 heterocycles. The van der Waals surface area contributed by atoms with Crippen LogP contribution in [0.2, 0.25) is 0 Å². The number of ether oxygens (including phenoxy) is 2. The van der Waals surface area contributed by atoms with Gasteiger partial charge in [0, 0.05) is 0 Å². The van der Waals surface area contributed by atoms with Crippen molar-refractivity contribution in [3.05, 3.63) is 94.0 Å². The van der Waals surface area contributed by atoms with E-state index in [2.05, 4.69) is 0 Å². The van der Waals surface area contributed by atoms with Crippen LogP contribution in [-0.2, 0) is 13.2 Å². The quantitative estimate of drug-likeness (QED) is 0.346. The summed E-state index contributed by atoms with van der Waals surface area (Å²) in [5.74, 6) is -5.00. The Labute approximate surface area is 192 Å². The summed E-state index contributed by atoms with van der Waals surface area (Å²) in [5, 5.41) is 36.6. The summed E-state index contributed by atoms with van der Waals surface area (Å²) in [6.07, 6.45) is 0. The molecular weight excluding hydrogens is 448 g/mol. The van der Waals surface area contributed by atoms with E-state index in [0.29, 0.717) is 11.1 Å². The Kier molecular flexibility index (Phi) is 7.12. The fourth-order valence-electron chi connectivity index (χ4n) is 3.00. The molecule has 0 saturated carbocycles. The van der Waals surface area contributed by atoms with Gasteiger partial charge in [-0.1, -0.05) is 18.2 Å². The van der Waals surface area contributed by atoms with Crippen LogP contribution < -0.4 is 9.47 Å². The topological polar surface area (TPSA) is 168 Å². The Balaban J connectivity index is 1.72. The van der Waals surface area contributed by atoms with Crippen molar-refractivity contribution >= 4 is 23.9 Å². The Bertz CT molecular complexity index is 1120. The number of aromatic carboxylic acids is 4. The van der Waals surface area contributed by atoms with Crippen LogP contribution in [0.3, 0.4) is 0 Å². The van der Waals surface area contributed by atoms with E-state index >= 15 is 0 Å². The lowest BCUT2D eigenvalue weighted by Gasteiger charge is -2.11. The summed E-state index contributed by atoms with van der Waals surface area (Å²) in [6.45, 7) is 0.0151. The first kappa shape index (κ1) is 23.8. The van der Waals surface area contributed by atoms with Gasteiger partial charge in [0.2, 0.25) is 0 Å². The van der Waals surface area contributed by atoms with Gasteiger partial charge in [-0.15, -0.1) is 0 Å². The van der Waals surface area contributed by atoms with E-state index in [0.717, 1.165) is 12.1 Å². The number of carboxylic acid groups (broad SMARTS) is 4. The molecule has 10 nitrogen and oxygen atoms in total. The third-order valence-corrected chi connectivity index (χ3v) is 4.60. The minimum atomic E-state index is -1.29. The summed E-state index contributed by atoms with van der Waals surface area (Å²) >= 11 is 0. The Morgan fingerprint density at radius 1 is 0.529 bits per heavy atom. The minimum absolute atomic E-state index is 0.00757. The molecule has 0 fully saturated rings. The Morgan fingerprint density at radius 3 is 1.15 bits per heavy atom. The predicted molar refractivity (Wildman–Crippen MR) is 116 cm³/mol. The molecule has 3 aromatic rings. The van der Waals surface area contributed by atoms with Gasteiger partial charge in [-0.25, -0.2) is 19.2 Å². The van der Waals surface area contributed by atoms with Crippen molar-refractivity contribution in [1.82, 2.24) is 0 Å². The van der Waals surface area contributed by atoms with Crippen molar-refractivity contribution < 1.29 is 49.1 Å². The predicted octanol–water partition coefficient (Wildman–Crippen LogP) is 3.64. The maximum Gasteiger partial charge on any atom is 0.335 e. The highest BCUT2D eigenvalue weighted by Crippen LogP contribution is 2.21. The molecule has 34 heavy (non-hydrogen) atoms. The number of hydrogen-bond acceptors (Lipinski definition) is 6. The molecule has 0 saturated heterocycles. The molecule has 0 aliphatic rings. The zero-order valence-electron chi connectivity index (χ0n) is 17.4. The molecule has 0 aliphatic heterocycles. The maximum atomic E-state index is 11.2. The minimum Gasteiger partial charge on any atom is -0.489 e. The lowest BCUT2D eigenvalue weighted by atomic mass is 10.1. The molecule has 0 radical (unpaired) electrons. The van der Waals surface area contributed by atoms with Gasteiger partial charge in [0.25, 0.3) is 0 Å². The van der Waals surface area contributed by atoms with E-state index in [9.17, 15) is 19.2 Å². The average molecular weight is 466 g/mol. The molecule has 0 amide bonds. The first-order chi connectivity index (χ1) is 16.1. The van der Waals surface area contributed by atoms with Gasteiger partial charge in [0.15, 0.2) is 0 Å². The van der Waals surface area contributed by atoms with E-state index in [1.54, 1.807) is 24.3 Å². The van der Waals surface area contributed by atoms with Crippen molar-refractivity contribution in [1.29, 1.82) is 0 Å². The van der Waals surface area contributed by atoms with Gasteiger partial charge < -0.3 is 29.9 Å². The standard InChI is InChI=1S/C24H18O10/c25-21(26)15-5-16(22(27)28)8-19(7-15)33-11-13-2-1-3-14(4-13)12-34-20-9-17(23(29)30)6-18(10-20)24(31)32/h1-10H,11-12H2,(H,25,26)(H,27,28)(H,29,30)(H,31,32). The number of benzene rings is 3. The summed E-state index contributed by atoms with van der Waals surface area (Å²) in [5.41, 5.74) is 0.457. The van der Waals surface area contributed by atoms with Crippen molar-refractivity contribution in [2.75, 3.05) is 0 Å². The first-order valence-corrected chi connectivity index (χ1v) is 9.69. The van der Waals surface area contributed by atoms with E-state index in [-0.39, 0.29) is 47.0 Å². The van der Waals surface area contributed by atoms with Gasteiger partial charge in [-0.2, -0.15) is 0 Å². The highest BCUT2D eigenvalue weighted by atomic mass is 16.5. The molecule has 0 aromatic heterocycles. The molecule has 0 aliphatic carbocycles. The number of carboxylic acids is 4. The summed E-state index contributed by atoms with van der Waals surface area (Å²) < 4.78 is 11.2. The highest BCUT2D eigenvalue weighted by molar-refractivity contribution is 5.95. The van der Waals surface area contributed by atoms with Crippen LogP contribution in [0.5, 0.6) is 11.5 Å². The van der Waals surface area contributed by atoms with Crippen LogP contribution in [0, 0.1) is 0 Å². The zero-order valence-corrected chi connectivity index (χ0v) is 17.4. The van der Waals surface area contributed by atoms with Crippen molar-refractivity contribution in [2.45, 2.75) is 13.2 Å². The lowest BCUT2D eigenvalue weighted by molar-refractivity contribution is 0.0675. The van der Waals surface area contributed by atoms with Crippen LogP contribution in [0.4, 0.5) is 0 Å². The monoisotopic (exact) mass is 466 g/mol. The zero-order chi connectivity index (χ0) is 24.8. The number of hydrogen-bond donors (Lipinski definition) is 4. The second-order valence-electron chi connectivity index (χ2n) is 7.11. The molecule has 3 rings (SSSR count). The Morgan fingerprint density at radius 2 is 0.853 bits per heavy atom. The molecule has 0 atom stereocenters. The van der Waals surface area contributed by atoms with Crippen molar-refractivity contribution in [3.8, 4) is 11.5 Å². The summed E-state index contributed by atoms with van der Waals surface area (Å²) in [4.78, 5) is 44.9. The Hall–Kier alpha value is -4.86. The smallest absolute Gasteiger partial charge is 0.335 e. The molecule has 0 bridgehead atoms. The third-order valence-electron chi connectivity index (χ3n) is 4.60. The largest absolute Gasteiger partial charge is 0.489 e. The molecule has 4 N–H and O–H groups in total. The van der Waals surface area contributed by atoms with Gasteiger partial charge in [0.05, 0.1) is 22.3 Å². The average Bonchev–Trinajstić information content (AvgIpc) is 2.81. The lowest BCUT2D eigenvalue weighted by Crippen LogP contribution is -2.05. The third kappa shape index (κ3) is 6.10. The van der Waals surface area contributed by atoms with Crippen molar-refractivity contribution in [3.63, 3.8) is 0 Å². The van der Waals surface area contributed by atoms with E-state index in [1.165, 1.54) is 24.3 Å². The molecular formula is C24H18O10. The molecule has 0 spiro atoms. The summed E-state index contributed by atoms with van der Waals surface area (Å²) in [7, 11) is 0.